The van der Waals surface area contributed by atoms with Gasteiger partial charge >= 0.3 is 0 Å². The van der Waals surface area contributed by atoms with Crippen LogP contribution < -0.4 is 5.32 Å². The fourth-order valence-electron chi connectivity index (χ4n) is 2.96. The van der Waals surface area contributed by atoms with E-state index < -0.39 is 0 Å². The predicted molar refractivity (Wildman–Crippen MR) is 95.0 cm³/mol. The van der Waals surface area contributed by atoms with Gasteiger partial charge in [-0.2, -0.15) is 0 Å². The van der Waals surface area contributed by atoms with Crippen molar-refractivity contribution >= 4 is 11.7 Å². The van der Waals surface area contributed by atoms with Gasteiger partial charge in [0.05, 0.1) is 0 Å². The molecule has 0 spiro atoms. The Morgan fingerprint density at radius 3 is 2.58 bits per heavy atom. The minimum atomic E-state index is -0.120. The summed E-state index contributed by atoms with van der Waals surface area (Å²) in [5.41, 5.74) is 2.88. The molecule has 1 aliphatic heterocycles. The fraction of sp³-hybridized carbons (Fsp3) is 0.421. The molecule has 2 aromatic rings. The summed E-state index contributed by atoms with van der Waals surface area (Å²) in [4.78, 5) is 23.5. The zero-order valence-electron chi connectivity index (χ0n) is 14.8. The second-order valence-corrected chi connectivity index (χ2v) is 7.31. The van der Waals surface area contributed by atoms with Crippen LogP contribution in [0, 0.1) is 6.92 Å². The van der Waals surface area contributed by atoms with Crippen LogP contribution in [-0.4, -0.2) is 32.9 Å². The van der Waals surface area contributed by atoms with Crippen molar-refractivity contribution in [1.82, 2.24) is 14.9 Å². The number of aryl methyl sites for hydroxylation is 1. The molecule has 1 amide bonds. The van der Waals surface area contributed by atoms with Gasteiger partial charge in [0, 0.05) is 24.7 Å². The molecular formula is C19H24N4O. The lowest BCUT2D eigenvalue weighted by molar-refractivity contribution is 0.0728. The average molecular weight is 324 g/mol. The molecule has 126 valence electrons. The number of benzene rings is 1. The molecule has 1 aromatic carbocycles. The maximum atomic E-state index is 12.9. The van der Waals surface area contributed by atoms with Crippen LogP contribution >= 0.6 is 0 Å². The summed E-state index contributed by atoms with van der Waals surface area (Å²) in [6.07, 6.45) is 0.888. The van der Waals surface area contributed by atoms with Crippen LogP contribution in [0.2, 0.25) is 0 Å². The third kappa shape index (κ3) is 3.72. The van der Waals surface area contributed by atoms with E-state index in [1.54, 1.807) is 6.07 Å². The Morgan fingerprint density at radius 1 is 1.17 bits per heavy atom. The van der Waals surface area contributed by atoms with Crippen molar-refractivity contribution < 1.29 is 4.79 Å². The average Bonchev–Trinajstić information content (AvgIpc) is 2.51. The van der Waals surface area contributed by atoms with Gasteiger partial charge in [-0.05, 0) is 45.2 Å². The van der Waals surface area contributed by atoms with Crippen LogP contribution in [0.4, 0.5) is 5.82 Å². The van der Waals surface area contributed by atoms with Crippen LogP contribution in [0.1, 0.15) is 48.2 Å². The Hall–Kier alpha value is -2.43. The first-order chi connectivity index (χ1) is 11.3. The summed E-state index contributed by atoms with van der Waals surface area (Å²) in [6, 6.07) is 10.0. The zero-order chi connectivity index (χ0) is 17.3. The summed E-state index contributed by atoms with van der Waals surface area (Å²) in [5, 5.41) is 3.31. The molecule has 1 aliphatic rings. The van der Waals surface area contributed by atoms with E-state index in [0.29, 0.717) is 23.9 Å². The van der Waals surface area contributed by atoms with Gasteiger partial charge in [0.15, 0.2) is 0 Å². The lowest BCUT2D eigenvalue weighted by atomic mass is 10.00. The first-order valence-electron chi connectivity index (χ1n) is 8.32. The quantitative estimate of drug-likeness (QED) is 0.921. The molecule has 0 saturated carbocycles. The molecule has 1 N–H and O–H groups in total. The molecule has 0 unspecified atom stereocenters. The number of fused-ring (bicyclic) bond motifs is 1. The van der Waals surface area contributed by atoms with E-state index in [4.69, 9.17) is 0 Å². The first kappa shape index (κ1) is 16.4. The number of carbonyl (C=O) groups excluding carboxylic acids is 1. The maximum Gasteiger partial charge on any atom is 0.272 e. The molecule has 0 bridgehead atoms. The smallest absolute Gasteiger partial charge is 0.272 e. The number of aromatic nitrogens is 2. The highest BCUT2D eigenvalue weighted by Gasteiger charge is 2.23. The van der Waals surface area contributed by atoms with Gasteiger partial charge in [0.2, 0.25) is 0 Å². The molecule has 0 aliphatic carbocycles. The molecule has 0 atom stereocenters. The van der Waals surface area contributed by atoms with Gasteiger partial charge in [-0.15, -0.1) is 0 Å². The van der Waals surface area contributed by atoms with Gasteiger partial charge in [-0.1, -0.05) is 24.3 Å². The highest BCUT2D eigenvalue weighted by atomic mass is 16.2. The van der Waals surface area contributed by atoms with Crippen LogP contribution in [0.5, 0.6) is 0 Å². The van der Waals surface area contributed by atoms with Gasteiger partial charge in [-0.25, -0.2) is 9.97 Å². The van der Waals surface area contributed by atoms with Crippen molar-refractivity contribution in [2.24, 2.45) is 0 Å². The highest BCUT2D eigenvalue weighted by Crippen LogP contribution is 2.21. The number of carbonyl (C=O) groups is 1. The van der Waals surface area contributed by atoms with Gasteiger partial charge in [0.1, 0.15) is 17.3 Å². The van der Waals surface area contributed by atoms with Crippen LogP contribution in [0.3, 0.4) is 0 Å². The molecule has 0 saturated heterocycles. The molecule has 3 rings (SSSR count). The first-order valence-corrected chi connectivity index (χ1v) is 8.32. The number of hydrogen-bond acceptors (Lipinski definition) is 4. The number of hydrogen-bond donors (Lipinski definition) is 1. The Balaban J connectivity index is 1.83. The number of anilines is 1. The third-order valence-electron chi connectivity index (χ3n) is 3.98. The Bertz CT molecular complexity index is 764. The van der Waals surface area contributed by atoms with E-state index in [2.05, 4.69) is 54.3 Å². The van der Waals surface area contributed by atoms with Crippen molar-refractivity contribution in [1.29, 1.82) is 0 Å². The summed E-state index contributed by atoms with van der Waals surface area (Å²) < 4.78 is 0. The molecule has 1 aromatic heterocycles. The van der Waals surface area contributed by atoms with Gasteiger partial charge < -0.3 is 10.2 Å². The predicted octanol–water partition coefficient (Wildman–Crippen LogP) is 3.19. The maximum absolute atomic E-state index is 12.9. The van der Waals surface area contributed by atoms with E-state index in [-0.39, 0.29) is 11.4 Å². The molecule has 2 heterocycles. The van der Waals surface area contributed by atoms with E-state index in [0.717, 1.165) is 13.0 Å². The van der Waals surface area contributed by atoms with Crippen LogP contribution in [0.15, 0.2) is 30.3 Å². The summed E-state index contributed by atoms with van der Waals surface area (Å²) in [7, 11) is 0. The van der Waals surface area contributed by atoms with E-state index in [1.807, 2.05) is 17.9 Å². The minimum absolute atomic E-state index is 0.0352. The van der Waals surface area contributed by atoms with E-state index in [9.17, 15) is 4.79 Å². The minimum Gasteiger partial charge on any atom is -0.365 e. The monoisotopic (exact) mass is 324 g/mol. The third-order valence-corrected chi connectivity index (χ3v) is 3.98. The number of nitrogens with one attached hydrogen (secondary N) is 1. The normalized spacial score (nSPS) is 14.2. The lowest BCUT2D eigenvalue weighted by Crippen LogP contribution is -2.36. The number of nitrogens with zero attached hydrogens (tertiary/aromatic N) is 3. The van der Waals surface area contributed by atoms with Crippen LogP contribution in [-0.2, 0) is 13.0 Å². The molecule has 0 radical (unpaired) electrons. The lowest BCUT2D eigenvalue weighted by Gasteiger charge is -2.29. The largest absolute Gasteiger partial charge is 0.365 e. The molecular weight excluding hydrogens is 300 g/mol. The Morgan fingerprint density at radius 2 is 1.88 bits per heavy atom. The SMILES string of the molecule is Cc1nc(NC(C)(C)C)cc(C(=O)N2CCc3ccccc3C2)n1. The number of amides is 1. The highest BCUT2D eigenvalue weighted by molar-refractivity contribution is 5.93. The number of rotatable bonds is 2. The van der Waals surface area contributed by atoms with Crippen LogP contribution in [0.25, 0.3) is 0 Å². The van der Waals surface area contributed by atoms with E-state index in [1.165, 1.54) is 11.1 Å². The Labute approximate surface area is 143 Å². The zero-order valence-corrected chi connectivity index (χ0v) is 14.8. The summed E-state index contributed by atoms with van der Waals surface area (Å²) in [6.45, 7) is 9.37. The second-order valence-electron chi connectivity index (χ2n) is 7.31. The van der Waals surface area contributed by atoms with Gasteiger partial charge in [-0.3, -0.25) is 4.79 Å². The molecule has 0 fully saturated rings. The summed E-state index contributed by atoms with van der Waals surface area (Å²) in [5.74, 6) is 1.26. The van der Waals surface area contributed by atoms with Gasteiger partial charge in [0.25, 0.3) is 5.91 Å². The van der Waals surface area contributed by atoms with Crippen molar-refractivity contribution in [3.63, 3.8) is 0 Å². The molecule has 24 heavy (non-hydrogen) atoms. The van der Waals surface area contributed by atoms with Crippen molar-refractivity contribution in [2.45, 2.75) is 46.2 Å². The Kier molecular flexibility index (Phi) is 4.26. The van der Waals surface area contributed by atoms with Crippen molar-refractivity contribution in [3.8, 4) is 0 Å². The van der Waals surface area contributed by atoms with Crippen molar-refractivity contribution in [2.75, 3.05) is 11.9 Å². The fourth-order valence-corrected chi connectivity index (χ4v) is 2.96. The van der Waals surface area contributed by atoms with Crippen molar-refractivity contribution in [3.05, 3.63) is 53.0 Å². The summed E-state index contributed by atoms with van der Waals surface area (Å²) >= 11 is 0. The standard InChI is InChI=1S/C19H24N4O/c1-13-20-16(11-17(21-13)22-19(2,3)4)18(24)23-10-9-14-7-5-6-8-15(14)12-23/h5-8,11H,9-10,12H2,1-4H3,(H,20,21,22). The molecule has 5 heteroatoms. The topological polar surface area (TPSA) is 58.1 Å². The molecule has 5 nitrogen and oxygen atoms in total. The van der Waals surface area contributed by atoms with E-state index >= 15 is 0 Å². The second kappa shape index (κ2) is 6.23.